The molecular formula is C12H17Br2NO. The molecule has 1 aromatic rings. The number of hydrogen-bond donors (Lipinski definition) is 1. The smallest absolute Gasteiger partial charge is 0.134 e. The summed E-state index contributed by atoms with van der Waals surface area (Å²) in [6.07, 6.45) is 0.183. The van der Waals surface area contributed by atoms with Gasteiger partial charge in [0.1, 0.15) is 11.9 Å². The normalized spacial score (nSPS) is 12.9. The molecule has 1 N–H and O–H groups in total. The molecule has 0 saturated carbocycles. The van der Waals surface area contributed by atoms with Gasteiger partial charge < -0.3 is 10.1 Å². The van der Waals surface area contributed by atoms with Crippen LogP contribution in [0.4, 0.5) is 0 Å². The first kappa shape index (κ1) is 14.0. The molecule has 1 unspecified atom stereocenters. The second-order valence-corrected chi connectivity index (χ2v) is 5.80. The van der Waals surface area contributed by atoms with E-state index in [1.807, 2.05) is 25.2 Å². The highest BCUT2D eigenvalue weighted by atomic mass is 79.9. The number of halogens is 2. The van der Waals surface area contributed by atoms with E-state index in [4.69, 9.17) is 4.74 Å². The van der Waals surface area contributed by atoms with Crippen molar-refractivity contribution in [2.75, 3.05) is 13.6 Å². The number of rotatable bonds is 5. The van der Waals surface area contributed by atoms with Crippen molar-refractivity contribution in [1.29, 1.82) is 0 Å². The summed E-state index contributed by atoms with van der Waals surface area (Å²) in [5.74, 6) is 1.36. The summed E-state index contributed by atoms with van der Waals surface area (Å²) >= 11 is 6.92. The van der Waals surface area contributed by atoms with Gasteiger partial charge in [0.2, 0.25) is 0 Å². The third kappa shape index (κ3) is 4.07. The van der Waals surface area contributed by atoms with Crippen molar-refractivity contribution in [1.82, 2.24) is 5.32 Å². The van der Waals surface area contributed by atoms with Gasteiger partial charge in [0.05, 0.1) is 4.47 Å². The minimum Gasteiger partial charge on any atom is -0.488 e. The molecule has 1 aromatic carbocycles. The number of likely N-dealkylation sites (N-methyl/N-ethyl adjacent to an activating group) is 1. The fourth-order valence-corrected chi connectivity index (χ4v) is 2.49. The Hall–Kier alpha value is -0.0600. The Bertz CT molecular complexity index is 342. The highest BCUT2D eigenvalue weighted by molar-refractivity contribution is 9.11. The molecule has 2 nitrogen and oxygen atoms in total. The van der Waals surface area contributed by atoms with Crippen LogP contribution in [0.2, 0.25) is 0 Å². The lowest BCUT2D eigenvalue weighted by atomic mass is 10.1. The number of nitrogens with one attached hydrogen (secondary N) is 1. The maximum absolute atomic E-state index is 5.97. The van der Waals surface area contributed by atoms with E-state index >= 15 is 0 Å². The van der Waals surface area contributed by atoms with Gasteiger partial charge in [0.15, 0.2) is 0 Å². The minimum atomic E-state index is 0.183. The highest BCUT2D eigenvalue weighted by Gasteiger charge is 2.15. The third-order valence-corrected chi connectivity index (χ3v) is 3.43. The molecule has 0 radical (unpaired) electrons. The number of benzene rings is 1. The summed E-state index contributed by atoms with van der Waals surface area (Å²) in [6, 6.07) is 5.95. The Morgan fingerprint density at radius 3 is 2.50 bits per heavy atom. The van der Waals surface area contributed by atoms with Crippen LogP contribution in [0, 0.1) is 5.92 Å². The largest absolute Gasteiger partial charge is 0.488 e. The zero-order valence-corrected chi connectivity index (χ0v) is 12.9. The highest BCUT2D eigenvalue weighted by Crippen LogP contribution is 2.29. The van der Waals surface area contributed by atoms with Crippen molar-refractivity contribution in [3.63, 3.8) is 0 Å². The molecule has 0 fully saturated rings. The van der Waals surface area contributed by atoms with E-state index in [0.717, 1.165) is 21.2 Å². The van der Waals surface area contributed by atoms with Crippen LogP contribution < -0.4 is 10.1 Å². The minimum absolute atomic E-state index is 0.183. The van der Waals surface area contributed by atoms with Gasteiger partial charge in [-0.1, -0.05) is 29.8 Å². The lowest BCUT2D eigenvalue weighted by Gasteiger charge is -2.23. The topological polar surface area (TPSA) is 21.3 Å². The molecule has 0 aliphatic carbocycles. The molecule has 0 amide bonds. The fourth-order valence-electron chi connectivity index (χ4n) is 1.35. The Morgan fingerprint density at radius 2 is 2.00 bits per heavy atom. The van der Waals surface area contributed by atoms with E-state index in [1.54, 1.807) is 0 Å². The predicted octanol–water partition coefficient (Wildman–Crippen LogP) is 3.83. The van der Waals surface area contributed by atoms with Crippen LogP contribution in [0.5, 0.6) is 5.75 Å². The maximum Gasteiger partial charge on any atom is 0.134 e. The average molecular weight is 351 g/mol. The van der Waals surface area contributed by atoms with Crippen molar-refractivity contribution in [3.8, 4) is 5.75 Å². The summed E-state index contributed by atoms with van der Waals surface area (Å²) in [6.45, 7) is 5.17. The fraction of sp³-hybridized carbons (Fsp3) is 0.500. The first-order valence-corrected chi connectivity index (χ1v) is 6.89. The van der Waals surface area contributed by atoms with Crippen LogP contribution in [0.1, 0.15) is 13.8 Å². The number of hydrogen-bond acceptors (Lipinski definition) is 2. The lowest BCUT2D eigenvalue weighted by Crippen LogP contribution is -2.33. The number of ether oxygens (including phenoxy) is 1. The van der Waals surface area contributed by atoms with Crippen molar-refractivity contribution in [2.45, 2.75) is 20.0 Å². The second kappa shape index (κ2) is 6.62. The van der Waals surface area contributed by atoms with E-state index in [2.05, 4.69) is 51.0 Å². The van der Waals surface area contributed by atoms with E-state index in [-0.39, 0.29) is 6.10 Å². The molecule has 0 aliphatic rings. The lowest BCUT2D eigenvalue weighted by molar-refractivity contribution is 0.150. The molecule has 0 bridgehead atoms. The van der Waals surface area contributed by atoms with Crippen LogP contribution in [0.15, 0.2) is 27.1 Å². The molecule has 0 spiro atoms. The van der Waals surface area contributed by atoms with Gasteiger partial charge in [-0.25, -0.2) is 0 Å². The van der Waals surface area contributed by atoms with Gasteiger partial charge in [-0.15, -0.1) is 0 Å². The van der Waals surface area contributed by atoms with E-state index in [9.17, 15) is 0 Å². The average Bonchev–Trinajstić information content (AvgIpc) is 2.20. The molecule has 0 aliphatic heterocycles. The monoisotopic (exact) mass is 349 g/mol. The van der Waals surface area contributed by atoms with E-state index < -0.39 is 0 Å². The summed E-state index contributed by atoms with van der Waals surface area (Å²) in [7, 11) is 1.94. The van der Waals surface area contributed by atoms with Gasteiger partial charge in [0, 0.05) is 11.0 Å². The van der Waals surface area contributed by atoms with Crippen LogP contribution in [-0.2, 0) is 0 Å². The van der Waals surface area contributed by atoms with Crippen molar-refractivity contribution >= 4 is 31.9 Å². The summed E-state index contributed by atoms with van der Waals surface area (Å²) in [5, 5.41) is 3.15. The van der Waals surface area contributed by atoms with Crippen LogP contribution in [-0.4, -0.2) is 19.7 Å². The predicted molar refractivity (Wildman–Crippen MR) is 75.0 cm³/mol. The van der Waals surface area contributed by atoms with Gasteiger partial charge in [-0.05, 0) is 47.1 Å². The Kier molecular flexibility index (Phi) is 5.79. The van der Waals surface area contributed by atoms with Crippen molar-refractivity contribution in [3.05, 3.63) is 27.1 Å². The van der Waals surface area contributed by atoms with Crippen LogP contribution >= 0.6 is 31.9 Å². The summed E-state index contributed by atoms with van der Waals surface area (Å²) < 4.78 is 7.99. The summed E-state index contributed by atoms with van der Waals surface area (Å²) in [5.41, 5.74) is 0. The van der Waals surface area contributed by atoms with E-state index in [1.165, 1.54) is 0 Å². The standard InChI is InChI=1S/C12H17Br2NO/c1-8(2)12(7-15-3)16-11-5-4-9(13)6-10(11)14/h4-6,8,12,15H,7H2,1-3H3. The molecule has 0 heterocycles. The molecule has 4 heteroatoms. The zero-order chi connectivity index (χ0) is 12.1. The molecule has 0 saturated heterocycles. The zero-order valence-electron chi connectivity index (χ0n) is 9.76. The molecule has 90 valence electrons. The third-order valence-electron chi connectivity index (χ3n) is 2.32. The second-order valence-electron chi connectivity index (χ2n) is 4.03. The van der Waals surface area contributed by atoms with Gasteiger partial charge in [0.25, 0.3) is 0 Å². The van der Waals surface area contributed by atoms with Crippen LogP contribution in [0.25, 0.3) is 0 Å². The molecule has 16 heavy (non-hydrogen) atoms. The molecular weight excluding hydrogens is 334 g/mol. The molecule has 1 atom stereocenters. The van der Waals surface area contributed by atoms with Crippen LogP contribution in [0.3, 0.4) is 0 Å². The van der Waals surface area contributed by atoms with Gasteiger partial charge >= 0.3 is 0 Å². The molecule has 0 aromatic heterocycles. The first-order chi connectivity index (χ1) is 7.54. The first-order valence-electron chi connectivity index (χ1n) is 5.31. The SMILES string of the molecule is CNCC(Oc1ccc(Br)cc1Br)C(C)C. The van der Waals surface area contributed by atoms with Crippen molar-refractivity contribution < 1.29 is 4.74 Å². The Morgan fingerprint density at radius 1 is 1.31 bits per heavy atom. The quantitative estimate of drug-likeness (QED) is 0.871. The van der Waals surface area contributed by atoms with E-state index in [0.29, 0.717) is 5.92 Å². The Labute approximate surface area is 114 Å². The van der Waals surface area contributed by atoms with Gasteiger partial charge in [-0.2, -0.15) is 0 Å². The molecule has 1 rings (SSSR count). The Balaban J connectivity index is 2.77. The van der Waals surface area contributed by atoms with Gasteiger partial charge in [-0.3, -0.25) is 0 Å². The summed E-state index contributed by atoms with van der Waals surface area (Å²) in [4.78, 5) is 0. The maximum atomic E-state index is 5.97. The van der Waals surface area contributed by atoms with Crippen molar-refractivity contribution in [2.24, 2.45) is 5.92 Å².